The zero-order valence-electron chi connectivity index (χ0n) is 16.6. The maximum absolute atomic E-state index is 12.8. The molecule has 2 aliphatic rings. The molecule has 1 N–H and O–H groups in total. The van der Waals surface area contributed by atoms with Crippen LogP contribution in [0.3, 0.4) is 0 Å². The molecule has 2 atom stereocenters. The lowest BCUT2D eigenvalue weighted by atomic mass is 10.1. The summed E-state index contributed by atoms with van der Waals surface area (Å²) in [5.41, 5.74) is 2.66. The number of ether oxygens (including phenoxy) is 1. The minimum absolute atomic E-state index is 0.000731. The van der Waals surface area contributed by atoms with Crippen LogP contribution in [-0.2, 0) is 31.9 Å². The third-order valence-electron chi connectivity index (χ3n) is 5.70. The Morgan fingerprint density at radius 1 is 1.07 bits per heavy atom. The SMILES string of the molecule is O=C(NCc1ccccc1CS(=O)(=O)N1CCOCC1)C1CC1c1ccc(Cl)cc1. The van der Waals surface area contributed by atoms with Gasteiger partial charge in [0.25, 0.3) is 0 Å². The molecule has 2 fully saturated rings. The molecular weight excluding hydrogens is 424 g/mol. The highest BCUT2D eigenvalue weighted by atomic mass is 35.5. The summed E-state index contributed by atoms with van der Waals surface area (Å²) in [5.74, 6) is 0.103. The smallest absolute Gasteiger partial charge is 0.224 e. The molecule has 0 spiro atoms. The monoisotopic (exact) mass is 448 g/mol. The minimum atomic E-state index is -3.42. The third-order valence-corrected chi connectivity index (χ3v) is 7.78. The molecule has 30 heavy (non-hydrogen) atoms. The number of carbonyl (C=O) groups is 1. The van der Waals surface area contributed by atoms with Crippen molar-refractivity contribution in [3.8, 4) is 0 Å². The largest absolute Gasteiger partial charge is 0.379 e. The first kappa shape index (κ1) is 21.3. The average Bonchev–Trinajstić information content (AvgIpc) is 3.55. The van der Waals surface area contributed by atoms with Crippen molar-refractivity contribution in [1.29, 1.82) is 0 Å². The summed E-state index contributed by atoms with van der Waals surface area (Å²) in [5, 5.41) is 3.67. The Bertz CT molecular complexity index is 1000. The van der Waals surface area contributed by atoms with Gasteiger partial charge in [0.05, 0.1) is 19.0 Å². The number of sulfonamides is 1. The summed E-state index contributed by atoms with van der Waals surface area (Å²) in [6, 6.07) is 15.0. The molecule has 1 amide bonds. The van der Waals surface area contributed by atoms with E-state index < -0.39 is 10.0 Å². The van der Waals surface area contributed by atoms with Crippen LogP contribution in [0.1, 0.15) is 29.0 Å². The van der Waals surface area contributed by atoms with Crippen LogP contribution in [0.15, 0.2) is 48.5 Å². The van der Waals surface area contributed by atoms with Crippen molar-refractivity contribution in [2.75, 3.05) is 26.3 Å². The Morgan fingerprint density at radius 3 is 2.43 bits per heavy atom. The standard InChI is InChI=1S/C22H25ClN2O4S/c23-19-7-5-16(6-8-19)20-13-21(20)22(26)24-14-17-3-1-2-4-18(17)15-30(27,28)25-9-11-29-12-10-25/h1-8,20-21H,9-15H2,(H,24,26). The fourth-order valence-corrected chi connectivity index (χ4v) is 5.55. The first-order valence-corrected chi connectivity index (χ1v) is 12.1. The van der Waals surface area contributed by atoms with Gasteiger partial charge in [-0.05, 0) is 41.2 Å². The lowest BCUT2D eigenvalue weighted by Gasteiger charge is -2.26. The Kier molecular flexibility index (Phi) is 6.43. The number of halogens is 1. The van der Waals surface area contributed by atoms with E-state index in [1.165, 1.54) is 4.31 Å². The van der Waals surface area contributed by atoms with Crippen molar-refractivity contribution in [3.05, 3.63) is 70.2 Å². The number of hydrogen-bond donors (Lipinski definition) is 1. The summed E-state index contributed by atoms with van der Waals surface area (Å²) in [7, 11) is -3.42. The second-order valence-electron chi connectivity index (χ2n) is 7.75. The summed E-state index contributed by atoms with van der Waals surface area (Å²) in [4.78, 5) is 12.6. The van der Waals surface area contributed by atoms with Crippen LogP contribution in [-0.4, -0.2) is 44.9 Å². The third kappa shape index (κ3) is 5.03. The summed E-state index contributed by atoms with van der Waals surface area (Å²) < 4.78 is 32.2. The predicted molar refractivity (Wildman–Crippen MR) is 116 cm³/mol. The van der Waals surface area contributed by atoms with Crippen LogP contribution in [0.5, 0.6) is 0 Å². The number of rotatable bonds is 7. The van der Waals surface area contributed by atoms with Crippen molar-refractivity contribution in [1.82, 2.24) is 9.62 Å². The first-order valence-electron chi connectivity index (χ1n) is 10.1. The number of morpholine rings is 1. The predicted octanol–water partition coefficient (Wildman–Crippen LogP) is 2.92. The van der Waals surface area contributed by atoms with E-state index in [-0.39, 0.29) is 23.5 Å². The van der Waals surface area contributed by atoms with Crippen LogP contribution in [0.25, 0.3) is 0 Å². The van der Waals surface area contributed by atoms with Crippen LogP contribution in [0.4, 0.5) is 0 Å². The fraction of sp³-hybridized carbons (Fsp3) is 0.409. The number of amides is 1. The van der Waals surface area contributed by atoms with Crippen molar-refractivity contribution < 1.29 is 17.9 Å². The quantitative estimate of drug-likeness (QED) is 0.706. The lowest BCUT2D eigenvalue weighted by molar-refractivity contribution is -0.122. The Balaban J connectivity index is 1.36. The van der Waals surface area contributed by atoms with E-state index in [0.717, 1.165) is 17.5 Å². The first-order chi connectivity index (χ1) is 14.4. The van der Waals surface area contributed by atoms with Gasteiger partial charge >= 0.3 is 0 Å². The number of hydrogen-bond acceptors (Lipinski definition) is 4. The summed E-state index contributed by atoms with van der Waals surface area (Å²) >= 11 is 5.93. The van der Waals surface area contributed by atoms with Gasteiger partial charge in [-0.25, -0.2) is 8.42 Å². The van der Waals surface area contributed by atoms with Gasteiger partial charge in [0.2, 0.25) is 15.9 Å². The van der Waals surface area contributed by atoms with Gasteiger partial charge in [0.15, 0.2) is 0 Å². The lowest BCUT2D eigenvalue weighted by Crippen LogP contribution is -2.41. The molecule has 1 aliphatic heterocycles. The number of carbonyl (C=O) groups excluding carboxylic acids is 1. The number of nitrogens with zero attached hydrogens (tertiary/aromatic N) is 1. The molecular formula is C22H25ClN2O4S. The molecule has 1 heterocycles. The molecule has 1 saturated heterocycles. The molecule has 0 bridgehead atoms. The highest BCUT2D eigenvalue weighted by Crippen LogP contribution is 2.47. The van der Waals surface area contributed by atoms with E-state index in [0.29, 0.717) is 43.4 Å². The van der Waals surface area contributed by atoms with Crippen LogP contribution in [0, 0.1) is 5.92 Å². The van der Waals surface area contributed by atoms with E-state index in [4.69, 9.17) is 16.3 Å². The minimum Gasteiger partial charge on any atom is -0.379 e. The molecule has 6 nitrogen and oxygen atoms in total. The van der Waals surface area contributed by atoms with Crippen LogP contribution >= 0.6 is 11.6 Å². The molecule has 2 unspecified atom stereocenters. The van der Waals surface area contributed by atoms with E-state index in [1.807, 2.05) is 48.5 Å². The zero-order chi connectivity index (χ0) is 21.1. The van der Waals surface area contributed by atoms with Crippen LogP contribution in [0.2, 0.25) is 5.02 Å². The maximum Gasteiger partial charge on any atom is 0.224 e. The molecule has 0 radical (unpaired) electrons. The average molecular weight is 449 g/mol. The van der Waals surface area contributed by atoms with E-state index in [2.05, 4.69) is 5.32 Å². The number of benzene rings is 2. The van der Waals surface area contributed by atoms with E-state index >= 15 is 0 Å². The Hall–Kier alpha value is -1.93. The molecule has 0 aromatic heterocycles. The van der Waals surface area contributed by atoms with Crippen molar-refractivity contribution in [2.45, 2.75) is 24.6 Å². The molecule has 4 rings (SSSR count). The van der Waals surface area contributed by atoms with Gasteiger partial charge in [-0.2, -0.15) is 4.31 Å². The Morgan fingerprint density at radius 2 is 1.73 bits per heavy atom. The van der Waals surface area contributed by atoms with Gasteiger partial charge in [-0.3, -0.25) is 4.79 Å². The molecule has 2 aromatic rings. The molecule has 1 aliphatic carbocycles. The van der Waals surface area contributed by atoms with Crippen molar-refractivity contribution in [3.63, 3.8) is 0 Å². The van der Waals surface area contributed by atoms with Crippen molar-refractivity contribution in [2.24, 2.45) is 5.92 Å². The maximum atomic E-state index is 12.8. The Labute approximate surface area is 182 Å². The van der Waals surface area contributed by atoms with E-state index in [1.54, 1.807) is 0 Å². The molecule has 2 aromatic carbocycles. The second kappa shape index (κ2) is 9.06. The number of nitrogens with one attached hydrogen (secondary N) is 1. The topological polar surface area (TPSA) is 75.7 Å². The second-order valence-corrected chi connectivity index (χ2v) is 10.2. The molecule has 160 valence electrons. The molecule has 8 heteroatoms. The normalized spacial score (nSPS) is 21.9. The highest BCUT2D eigenvalue weighted by molar-refractivity contribution is 7.88. The molecule has 1 saturated carbocycles. The van der Waals surface area contributed by atoms with Gasteiger partial charge in [-0.15, -0.1) is 0 Å². The van der Waals surface area contributed by atoms with Gasteiger partial charge in [0, 0.05) is 30.6 Å². The zero-order valence-corrected chi connectivity index (χ0v) is 18.2. The van der Waals surface area contributed by atoms with Crippen molar-refractivity contribution >= 4 is 27.5 Å². The van der Waals surface area contributed by atoms with Crippen LogP contribution < -0.4 is 5.32 Å². The van der Waals surface area contributed by atoms with Gasteiger partial charge in [-0.1, -0.05) is 48.0 Å². The van der Waals surface area contributed by atoms with E-state index in [9.17, 15) is 13.2 Å². The van der Waals surface area contributed by atoms with Gasteiger partial charge in [0.1, 0.15) is 0 Å². The summed E-state index contributed by atoms with van der Waals surface area (Å²) in [6.07, 6.45) is 0.820. The summed E-state index contributed by atoms with van der Waals surface area (Å²) in [6.45, 7) is 1.93. The fourth-order valence-electron chi connectivity index (χ4n) is 3.86. The highest BCUT2D eigenvalue weighted by Gasteiger charge is 2.43. The van der Waals surface area contributed by atoms with Gasteiger partial charge < -0.3 is 10.1 Å².